The smallest absolute Gasteiger partial charge is 0.254 e. The number of carbonyl (C=O) groups excluding carboxylic acids is 1. The van der Waals surface area contributed by atoms with Crippen molar-refractivity contribution in [2.45, 2.75) is 29.8 Å². The third-order valence-electron chi connectivity index (χ3n) is 5.36. The Morgan fingerprint density at radius 2 is 1.71 bits per heavy atom. The lowest BCUT2D eigenvalue weighted by Gasteiger charge is -2.10. The van der Waals surface area contributed by atoms with Crippen LogP contribution in [-0.4, -0.2) is 34.5 Å². The van der Waals surface area contributed by atoms with Crippen molar-refractivity contribution in [2.24, 2.45) is 5.92 Å². The van der Waals surface area contributed by atoms with Gasteiger partial charge in [0.15, 0.2) is 5.82 Å². The summed E-state index contributed by atoms with van der Waals surface area (Å²) in [6.07, 6.45) is 1.78. The first-order valence-electron chi connectivity index (χ1n) is 10.8. The lowest BCUT2D eigenvalue weighted by atomic mass is 10.1. The van der Waals surface area contributed by atoms with E-state index in [1.807, 2.05) is 37.3 Å². The number of hydrogen-bond acceptors (Lipinski definition) is 7. The molecule has 2 aromatic heterocycles. The monoisotopic (exact) mass is 474 g/mol. The van der Waals surface area contributed by atoms with Crippen molar-refractivity contribution in [1.82, 2.24) is 20.2 Å². The number of hydrogen-bond donors (Lipinski definition) is 3. The fourth-order valence-electron chi connectivity index (χ4n) is 3.39. The van der Waals surface area contributed by atoms with Crippen molar-refractivity contribution >= 4 is 33.1 Å². The predicted octanol–water partition coefficient (Wildman–Crippen LogP) is 4.10. The standard InChI is InChI=1S/C24H22N6O3S/c1-15-13-22(30-29-15)27-21-14-20(16-5-3-2-4-6-16)26-24(28-21)34(32,33)19-11-9-18(10-12-19)25-23(31)17-7-8-17/h2-6,9-14,17H,7-8H2,1H3,(H,25,31)(H2,26,27,28,29,30). The van der Waals surface area contributed by atoms with E-state index in [-0.39, 0.29) is 21.9 Å². The lowest BCUT2D eigenvalue weighted by Crippen LogP contribution is -2.13. The van der Waals surface area contributed by atoms with Crippen LogP contribution in [-0.2, 0) is 14.6 Å². The van der Waals surface area contributed by atoms with Gasteiger partial charge in [-0.3, -0.25) is 9.89 Å². The van der Waals surface area contributed by atoms with Crippen molar-refractivity contribution in [3.63, 3.8) is 0 Å². The molecular formula is C24H22N6O3S. The van der Waals surface area contributed by atoms with E-state index in [2.05, 4.69) is 30.8 Å². The zero-order valence-corrected chi connectivity index (χ0v) is 19.1. The maximum absolute atomic E-state index is 13.4. The van der Waals surface area contributed by atoms with Gasteiger partial charge in [-0.15, -0.1) is 0 Å². The number of aromatic amines is 1. The van der Waals surface area contributed by atoms with E-state index in [0.717, 1.165) is 24.1 Å². The Hall–Kier alpha value is -4.05. The Morgan fingerprint density at radius 3 is 2.35 bits per heavy atom. The molecule has 0 unspecified atom stereocenters. The molecule has 3 N–H and O–H groups in total. The number of nitrogens with one attached hydrogen (secondary N) is 3. The van der Waals surface area contributed by atoms with Gasteiger partial charge in [-0.2, -0.15) is 5.10 Å². The highest BCUT2D eigenvalue weighted by molar-refractivity contribution is 7.91. The zero-order valence-electron chi connectivity index (χ0n) is 18.3. The number of sulfone groups is 1. The Morgan fingerprint density at radius 1 is 0.971 bits per heavy atom. The second-order valence-electron chi connectivity index (χ2n) is 8.14. The molecule has 1 amide bonds. The molecule has 2 heterocycles. The number of benzene rings is 2. The first kappa shape index (κ1) is 21.8. The molecule has 0 atom stereocenters. The summed E-state index contributed by atoms with van der Waals surface area (Å²) in [4.78, 5) is 20.7. The van der Waals surface area contributed by atoms with Crippen LogP contribution in [0.15, 0.2) is 76.8 Å². The van der Waals surface area contributed by atoms with Crippen LogP contribution >= 0.6 is 0 Å². The fourth-order valence-corrected chi connectivity index (χ4v) is 4.53. The summed E-state index contributed by atoms with van der Waals surface area (Å²) in [5.74, 6) is 0.821. The molecule has 1 saturated carbocycles. The van der Waals surface area contributed by atoms with E-state index >= 15 is 0 Å². The molecule has 0 bridgehead atoms. The Balaban J connectivity index is 1.50. The number of amides is 1. The van der Waals surface area contributed by atoms with Crippen LogP contribution in [0.3, 0.4) is 0 Å². The van der Waals surface area contributed by atoms with Crippen LogP contribution in [0.5, 0.6) is 0 Å². The average Bonchev–Trinajstić information content (AvgIpc) is 3.62. The lowest BCUT2D eigenvalue weighted by molar-refractivity contribution is -0.117. The van der Waals surface area contributed by atoms with Crippen molar-refractivity contribution in [3.8, 4) is 11.3 Å². The van der Waals surface area contributed by atoms with Gasteiger partial charge in [-0.05, 0) is 44.0 Å². The van der Waals surface area contributed by atoms with E-state index in [4.69, 9.17) is 0 Å². The van der Waals surface area contributed by atoms with E-state index in [1.165, 1.54) is 12.1 Å². The summed E-state index contributed by atoms with van der Waals surface area (Å²) in [6, 6.07) is 18.8. The highest BCUT2D eigenvalue weighted by atomic mass is 32.2. The molecule has 34 heavy (non-hydrogen) atoms. The summed E-state index contributed by atoms with van der Waals surface area (Å²) < 4.78 is 26.8. The van der Waals surface area contributed by atoms with Gasteiger partial charge >= 0.3 is 0 Å². The van der Waals surface area contributed by atoms with Crippen LogP contribution in [0.4, 0.5) is 17.3 Å². The SMILES string of the molecule is Cc1cc(Nc2cc(-c3ccccc3)nc(S(=O)(=O)c3ccc(NC(=O)C4CC4)cc3)n2)n[nH]1. The Labute approximate surface area is 196 Å². The van der Waals surface area contributed by atoms with Crippen LogP contribution in [0, 0.1) is 12.8 Å². The molecule has 1 fully saturated rings. The molecule has 1 aliphatic carbocycles. The quantitative estimate of drug-likeness (QED) is 0.344. The van der Waals surface area contributed by atoms with E-state index in [0.29, 0.717) is 23.0 Å². The number of anilines is 3. The molecule has 0 radical (unpaired) electrons. The van der Waals surface area contributed by atoms with Crippen molar-refractivity contribution in [3.05, 3.63) is 72.4 Å². The van der Waals surface area contributed by atoms with Gasteiger partial charge in [0, 0.05) is 35.0 Å². The van der Waals surface area contributed by atoms with Gasteiger partial charge < -0.3 is 10.6 Å². The summed E-state index contributed by atoms with van der Waals surface area (Å²) in [5.41, 5.74) is 2.60. The molecule has 1 aliphatic rings. The first-order chi connectivity index (χ1) is 16.4. The average molecular weight is 475 g/mol. The van der Waals surface area contributed by atoms with Gasteiger partial charge in [0.1, 0.15) is 5.82 Å². The van der Waals surface area contributed by atoms with Gasteiger partial charge in [0.2, 0.25) is 15.7 Å². The maximum Gasteiger partial charge on any atom is 0.254 e. The van der Waals surface area contributed by atoms with E-state index in [9.17, 15) is 13.2 Å². The second kappa shape index (κ2) is 8.71. The number of nitrogens with zero attached hydrogens (tertiary/aromatic N) is 3. The van der Waals surface area contributed by atoms with Crippen LogP contribution in [0.25, 0.3) is 11.3 Å². The highest BCUT2D eigenvalue weighted by Crippen LogP contribution is 2.31. The van der Waals surface area contributed by atoms with Crippen molar-refractivity contribution < 1.29 is 13.2 Å². The molecular weight excluding hydrogens is 452 g/mol. The second-order valence-corrected chi connectivity index (χ2v) is 9.98. The first-order valence-corrected chi connectivity index (χ1v) is 12.3. The molecule has 2 aromatic carbocycles. The Bertz CT molecular complexity index is 1450. The van der Waals surface area contributed by atoms with Crippen LogP contribution in [0.1, 0.15) is 18.5 Å². The highest BCUT2D eigenvalue weighted by Gasteiger charge is 2.29. The molecule has 0 spiro atoms. The molecule has 10 heteroatoms. The number of aromatic nitrogens is 4. The minimum absolute atomic E-state index is 0.0312. The normalized spacial score (nSPS) is 13.4. The van der Waals surface area contributed by atoms with Gasteiger partial charge in [0.05, 0.1) is 10.6 Å². The van der Waals surface area contributed by atoms with E-state index < -0.39 is 9.84 Å². The number of H-pyrrole nitrogens is 1. The molecule has 5 rings (SSSR count). The summed E-state index contributed by atoms with van der Waals surface area (Å²) in [6.45, 7) is 1.86. The minimum Gasteiger partial charge on any atom is -0.326 e. The zero-order chi connectivity index (χ0) is 23.7. The topological polar surface area (TPSA) is 130 Å². The van der Waals surface area contributed by atoms with E-state index in [1.54, 1.807) is 24.3 Å². The number of carbonyl (C=O) groups is 1. The van der Waals surface area contributed by atoms with Gasteiger partial charge in [0.25, 0.3) is 5.16 Å². The maximum atomic E-state index is 13.4. The molecule has 4 aromatic rings. The minimum atomic E-state index is -4.03. The summed E-state index contributed by atoms with van der Waals surface area (Å²) >= 11 is 0. The third kappa shape index (κ3) is 4.67. The fraction of sp³-hybridized carbons (Fsp3) is 0.167. The van der Waals surface area contributed by atoms with Crippen molar-refractivity contribution in [1.29, 1.82) is 0 Å². The summed E-state index contributed by atoms with van der Waals surface area (Å²) in [7, 11) is -4.03. The van der Waals surface area contributed by atoms with Gasteiger partial charge in [-0.1, -0.05) is 30.3 Å². The van der Waals surface area contributed by atoms with Crippen LogP contribution in [0.2, 0.25) is 0 Å². The Kier molecular flexibility index (Phi) is 5.58. The number of rotatable bonds is 7. The third-order valence-corrected chi connectivity index (χ3v) is 6.91. The van der Waals surface area contributed by atoms with Gasteiger partial charge in [-0.25, -0.2) is 18.4 Å². The van der Waals surface area contributed by atoms with Crippen LogP contribution < -0.4 is 10.6 Å². The largest absolute Gasteiger partial charge is 0.326 e. The molecule has 0 saturated heterocycles. The number of aryl methyl sites for hydroxylation is 1. The predicted molar refractivity (Wildman–Crippen MR) is 127 cm³/mol. The molecule has 172 valence electrons. The molecule has 9 nitrogen and oxygen atoms in total. The van der Waals surface area contributed by atoms with Crippen molar-refractivity contribution in [2.75, 3.05) is 10.6 Å². The molecule has 0 aliphatic heterocycles. The summed E-state index contributed by atoms with van der Waals surface area (Å²) in [5, 5.41) is 12.5.